The molecule has 8 heteroatoms. The highest BCUT2D eigenvalue weighted by molar-refractivity contribution is 9.10. The molecule has 0 bridgehead atoms. The monoisotopic (exact) mass is 325 g/mol. The van der Waals surface area contributed by atoms with Crippen LogP contribution in [0.4, 0.5) is 5.82 Å². The minimum atomic E-state index is -1.01. The van der Waals surface area contributed by atoms with E-state index in [0.717, 1.165) is 6.42 Å². The Labute approximate surface area is 117 Å². The Hall–Kier alpha value is -1.96. The van der Waals surface area contributed by atoms with Crippen LogP contribution in [-0.4, -0.2) is 37.6 Å². The molecule has 0 aliphatic rings. The smallest absolute Gasteiger partial charge is 0.339 e. The van der Waals surface area contributed by atoms with Gasteiger partial charge >= 0.3 is 5.97 Å². The van der Waals surface area contributed by atoms with E-state index in [1.807, 2.05) is 0 Å². The summed E-state index contributed by atoms with van der Waals surface area (Å²) in [4.78, 5) is 15.1. The highest BCUT2D eigenvalue weighted by atomic mass is 79.9. The van der Waals surface area contributed by atoms with Crippen molar-refractivity contribution in [3.05, 3.63) is 34.7 Å². The summed E-state index contributed by atoms with van der Waals surface area (Å²) in [5.41, 5.74) is 0.148. The molecule has 19 heavy (non-hydrogen) atoms. The van der Waals surface area contributed by atoms with Gasteiger partial charge in [0.25, 0.3) is 0 Å². The third kappa shape index (κ3) is 3.75. The normalized spacial score (nSPS) is 10.4. The van der Waals surface area contributed by atoms with Crippen LogP contribution in [0.2, 0.25) is 0 Å². The minimum Gasteiger partial charge on any atom is -0.478 e. The van der Waals surface area contributed by atoms with Gasteiger partial charge in [0.2, 0.25) is 0 Å². The molecule has 0 spiro atoms. The molecule has 0 aromatic carbocycles. The van der Waals surface area contributed by atoms with Gasteiger partial charge in [-0.05, 0) is 28.4 Å². The molecule has 100 valence electrons. The molecule has 0 unspecified atom stereocenters. The fourth-order valence-electron chi connectivity index (χ4n) is 1.54. The molecule has 2 heterocycles. The second kappa shape index (κ2) is 6.28. The molecule has 0 saturated heterocycles. The molecule has 0 aliphatic carbocycles. The van der Waals surface area contributed by atoms with Crippen LogP contribution in [0.15, 0.2) is 29.1 Å². The van der Waals surface area contributed by atoms with Crippen LogP contribution >= 0.6 is 15.9 Å². The topological polar surface area (TPSA) is 92.9 Å². The second-order valence-corrected chi connectivity index (χ2v) is 4.72. The van der Waals surface area contributed by atoms with Crippen molar-refractivity contribution in [1.29, 1.82) is 0 Å². The molecule has 2 rings (SSSR count). The summed E-state index contributed by atoms with van der Waals surface area (Å²) in [5, 5.41) is 19.6. The highest BCUT2D eigenvalue weighted by Gasteiger charge is 2.11. The Morgan fingerprint density at radius 3 is 3.05 bits per heavy atom. The fraction of sp³-hybridized carbons (Fsp3) is 0.273. The van der Waals surface area contributed by atoms with Crippen LogP contribution in [0, 0.1) is 0 Å². The molecule has 0 radical (unpaired) electrons. The molecule has 0 aliphatic heterocycles. The maximum atomic E-state index is 11.1. The first-order chi connectivity index (χ1) is 9.16. The molecule has 0 fully saturated rings. The Kier molecular flexibility index (Phi) is 4.45. The van der Waals surface area contributed by atoms with Crippen molar-refractivity contribution in [1.82, 2.24) is 20.0 Å². The third-order valence-electron chi connectivity index (χ3n) is 2.41. The Morgan fingerprint density at radius 2 is 2.37 bits per heavy atom. The van der Waals surface area contributed by atoms with E-state index < -0.39 is 5.97 Å². The van der Waals surface area contributed by atoms with Crippen LogP contribution in [0.1, 0.15) is 16.8 Å². The zero-order chi connectivity index (χ0) is 13.7. The number of pyridine rings is 1. The number of carboxylic acid groups (broad SMARTS) is 1. The van der Waals surface area contributed by atoms with E-state index in [-0.39, 0.29) is 5.56 Å². The summed E-state index contributed by atoms with van der Waals surface area (Å²) >= 11 is 3.20. The van der Waals surface area contributed by atoms with Gasteiger partial charge in [-0.2, -0.15) is 0 Å². The number of carbonyl (C=O) groups is 1. The first kappa shape index (κ1) is 13.5. The van der Waals surface area contributed by atoms with E-state index in [1.54, 1.807) is 23.3 Å². The van der Waals surface area contributed by atoms with E-state index in [2.05, 4.69) is 36.5 Å². The number of carboxylic acids is 1. The number of anilines is 1. The van der Waals surface area contributed by atoms with Crippen molar-refractivity contribution in [3.8, 4) is 0 Å². The van der Waals surface area contributed by atoms with Crippen molar-refractivity contribution < 1.29 is 9.90 Å². The quantitative estimate of drug-likeness (QED) is 0.784. The van der Waals surface area contributed by atoms with E-state index in [4.69, 9.17) is 5.11 Å². The van der Waals surface area contributed by atoms with Crippen molar-refractivity contribution >= 4 is 27.7 Å². The Balaban J connectivity index is 1.90. The molecule has 0 saturated carbocycles. The maximum Gasteiger partial charge on any atom is 0.339 e. The zero-order valence-corrected chi connectivity index (χ0v) is 11.5. The van der Waals surface area contributed by atoms with Gasteiger partial charge in [-0.3, -0.25) is 4.68 Å². The Bertz CT molecular complexity index is 558. The maximum absolute atomic E-state index is 11.1. The van der Waals surface area contributed by atoms with Crippen molar-refractivity contribution in [2.75, 3.05) is 11.9 Å². The molecule has 0 atom stereocenters. The lowest BCUT2D eigenvalue weighted by molar-refractivity contribution is 0.0697. The first-order valence-electron chi connectivity index (χ1n) is 5.63. The van der Waals surface area contributed by atoms with Crippen molar-refractivity contribution in [2.45, 2.75) is 13.0 Å². The lowest BCUT2D eigenvalue weighted by atomic mass is 10.2. The molecule has 0 amide bonds. The van der Waals surface area contributed by atoms with E-state index >= 15 is 0 Å². The highest BCUT2D eigenvalue weighted by Crippen LogP contribution is 2.17. The summed E-state index contributed by atoms with van der Waals surface area (Å²) in [6.45, 7) is 1.32. The van der Waals surface area contributed by atoms with Crippen molar-refractivity contribution in [2.24, 2.45) is 0 Å². The van der Waals surface area contributed by atoms with Gasteiger partial charge in [0.1, 0.15) is 11.4 Å². The van der Waals surface area contributed by atoms with Gasteiger partial charge < -0.3 is 10.4 Å². The van der Waals surface area contributed by atoms with Crippen LogP contribution in [0.25, 0.3) is 0 Å². The van der Waals surface area contributed by atoms with E-state index in [0.29, 0.717) is 23.4 Å². The third-order valence-corrected chi connectivity index (χ3v) is 2.85. The number of halogens is 1. The molecule has 7 nitrogen and oxygen atoms in total. The number of aryl methyl sites for hydroxylation is 1. The standard InChI is InChI=1S/C11H12BrN5O2/c12-8-6-9(11(18)19)10(14-7-8)13-2-1-4-17-5-3-15-16-17/h3,5-7H,1-2,4H2,(H,13,14)(H,18,19). The number of aromatic nitrogens is 4. The zero-order valence-electron chi connectivity index (χ0n) is 9.95. The van der Waals surface area contributed by atoms with Gasteiger partial charge in [-0.1, -0.05) is 5.21 Å². The Morgan fingerprint density at radius 1 is 1.53 bits per heavy atom. The van der Waals surface area contributed by atoms with Gasteiger partial charge in [-0.25, -0.2) is 9.78 Å². The first-order valence-corrected chi connectivity index (χ1v) is 6.43. The number of rotatable bonds is 6. The fourth-order valence-corrected chi connectivity index (χ4v) is 1.87. The molecule has 2 aromatic rings. The van der Waals surface area contributed by atoms with Gasteiger partial charge in [0.05, 0.1) is 6.20 Å². The van der Waals surface area contributed by atoms with Crippen LogP contribution < -0.4 is 5.32 Å². The summed E-state index contributed by atoms with van der Waals surface area (Å²) in [6, 6.07) is 1.52. The molecule has 2 aromatic heterocycles. The molecular formula is C11H12BrN5O2. The number of nitrogens with zero attached hydrogens (tertiary/aromatic N) is 4. The predicted octanol–water partition coefficient (Wildman–Crippen LogP) is 1.64. The van der Waals surface area contributed by atoms with Crippen LogP contribution in [0.3, 0.4) is 0 Å². The van der Waals surface area contributed by atoms with Gasteiger partial charge in [0, 0.05) is 30.0 Å². The average molecular weight is 326 g/mol. The number of aromatic carboxylic acids is 1. The predicted molar refractivity (Wildman–Crippen MR) is 72.0 cm³/mol. The largest absolute Gasteiger partial charge is 0.478 e. The number of hydrogen-bond donors (Lipinski definition) is 2. The number of hydrogen-bond acceptors (Lipinski definition) is 5. The van der Waals surface area contributed by atoms with Crippen LogP contribution in [0.5, 0.6) is 0 Å². The second-order valence-electron chi connectivity index (χ2n) is 3.80. The summed E-state index contributed by atoms with van der Waals surface area (Å²) in [7, 11) is 0. The summed E-state index contributed by atoms with van der Waals surface area (Å²) in [5.74, 6) is -0.637. The summed E-state index contributed by atoms with van der Waals surface area (Å²) in [6.07, 6.45) is 5.75. The average Bonchev–Trinajstić information content (AvgIpc) is 2.89. The van der Waals surface area contributed by atoms with E-state index in [9.17, 15) is 4.79 Å². The van der Waals surface area contributed by atoms with Crippen molar-refractivity contribution in [3.63, 3.8) is 0 Å². The molecule has 2 N–H and O–H groups in total. The van der Waals surface area contributed by atoms with Gasteiger partial charge in [-0.15, -0.1) is 5.10 Å². The number of nitrogens with one attached hydrogen (secondary N) is 1. The van der Waals surface area contributed by atoms with Crippen LogP contribution in [-0.2, 0) is 6.54 Å². The summed E-state index contributed by atoms with van der Waals surface area (Å²) < 4.78 is 2.35. The van der Waals surface area contributed by atoms with E-state index in [1.165, 1.54) is 6.07 Å². The van der Waals surface area contributed by atoms with Gasteiger partial charge in [0.15, 0.2) is 0 Å². The lowest BCUT2D eigenvalue weighted by Gasteiger charge is -2.08. The lowest BCUT2D eigenvalue weighted by Crippen LogP contribution is -2.11. The molecular weight excluding hydrogens is 314 g/mol. The minimum absolute atomic E-state index is 0.148. The SMILES string of the molecule is O=C(O)c1cc(Br)cnc1NCCCn1ccnn1.